The van der Waals surface area contributed by atoms with Crippen molar-refractivity contribution in [2.75, 3.05) is 26.2 Å². The summed E-state index contributed by atoms with van der Waals surface area (Å²) in [6.45, 7) is 6.53. The Bertz CT molecular complexity index is 423. The fraction of sp³-hybridized carbons (Fsp3) is 0.538. The molecular weight excluding hydrogens is 258 g/mol. The van der Waals surface area contributed by atoms with Gasteiger partial charge in [-0.15, -0.1) is 11.3 Å². The molecule has 0 bridgehead atoms. The van der Waals surface area contributed by atoms with Crippen LogP contribution in [-0.4, -0.2) is 51.2 Å². The van der Waals surface area contributed by atoms with Crippen LogP contribution in [0.4, 0.5) is 0 Å². The van der Waals surface area contributed by atoms with Gasteiger partial charge in [0.1, 0.15) is 5.01 Å². The molecular formula is C13H19N5S. The number of hydrogen-bond donors (Lipinski definition) is 1. The second-order valence-electron chi connectivity index (χ2n) is 4.91. The zero-order valence-corrected chi connectivity index (χ0v) is 11.8. The van der Waals surface area contributed by atoms with Gasteiger partial charge in [0.05, 0.1) is 6.54 Å². The normalized spacial score (nSPS) is 18.5. The van der Waals surface area contributed by atoms with E-state index < -0.39 is 0 Å². The molecule has 1 N–H and O–H groups in total. The van der Waals surface area contributed by atoms with Crippen LogP contribution in [0.2, 0.25) is 0 Å². The summed E-state index contributed by atoms with van der Waals surface area (Å²) in [6, 6.07) is 2.05. The second-order valence-corrected chi connectivity index (χ2v) is 5.89. The van der Waals surface area contributed by atoms with E-state index in [1.165, 1.54) is 23.7 Å². The minimum atomic E-state index is 0.977. The van der Waals surface area contributed by atoms with Crippen LogP contribution >= 0.6 is 11.3 Å². The molecule has 102 valence electrons. The van der Waals surface area contributed by atoms with E-state index in [1.807, 2.05) is 12.4 Å². The molecule has 1 aliphatic rings. The Kier molecular flexibility index (Phi) is 4.22. The predicted octanol–water partition coefficient (Wildman–Crippen LogP) is 1.57. The standard InChI is InChI=1S/C13H19N5S/c1-5-17(10-12-2-3-15-16-12)7-8-18(6-1)11-13-14-4-9-19-13/h2-4,9H,1,5-8,10-11H2,(H,15,16). The van der Waals surface area contributed by atoms with Crippen LogP contribution in [0.5, 0.6) is 0 Å². The molecule has 19 heavy (non-hydrogen) atoms. The number of thiazole rings is 1. The number of H-pyrrole nitrogens is 1. The van der Waals surface area contributed by atoms with Crippen LogP contribution in [0, 0.1) is 0 Å². The van der Waals surface area contributed by atoms with Crippen molar-refractivity contribution >= 4 is 11.3 Å². The Hall–Kier alpha value is -1.24. The predicted molar refractivity (Wildman–Crippen MR) is 75.9 cm³/mol. The molecule has 0 spiro atoms. The zero-order chi connectivity index (χ0) is 12.9. The maximum absolute atomic E-state index is 4.37. The molecule has 1 fully saturated rings. The van der Waals surface area contributed by atoms with Crippen molar-refractivity contribution in [1.82, 2.24) is 25.0 Å². The van der Waals surface area contributed by atoms with Gasteiger partial charge in [-0.1, -0.05) is 0 Å². The van der Waals surface area contributed by atoms with E-state index in [1.54, 1.807) is 11.3 Å². The monoisotopic (exact) mass is 277 g/mol. The highest BCUT2D eigenvalue weighted by Crippen LogP contribution is 2.12. The molecule has 1 saturated heterocycles. The lowest BCUT2D eigenvalue weighted by atomic mass is 10.3. The molecule has 0 amide bonds. The first-order valence-electron chi connectivity index (χ1n) is 6.71. The number of rotatable bonds is 4. The second kappa shape index (κ2) is 6.27. The summed E-state index contributed by atoms with van der Waals surface area (Å²) in [4.78, 5) is 9.37. The molecule has 0 radical (unpaired) electrons. The van der Waals surface area contributed by atoms with Gasteiger partial charge >= 0.3 is 0 Å². The third-order valence-electron chi connectivity index (χ3n) is 3.48. The molecule has 3 rings (SSSR count). The Morgan fingerprint density at radius 3 is 2.63 bits per heavy atom. The lowest BCUT2D eigenvalue weighted by Gasteiger charge is -2.20. The number of hydrogen-bond acceptors (Lipinski definition) is 5. The maximum Gasteiger partial charge on any atom is 0.107 e. The smallest absolute Gasteiger partial charge is 0.107 e. The third kappa shape index (κ3) is 3.62. The molecule has 0 aliphatic carbocycles. The Labute approximate surface area is 117 Å². The summed E-state index contributed by atoms with van der Waals surface area (Å²) in [7, 11) is 0. The van der Waals surface area contributed by atoms with Crippen molar-refractivity contribution in [3.8, 4) is 0 Å². The average molecular weight is 277 g/mol. The summed E-state index contributed by atoms with van der Waals surface area (Å²) in [5.41, 5.74) is 1.20. The van der Waals surface area contributed by atoms with Crippen LogP contribution in [-0.2, 0) is 13.1 Å². The van der Waals surface area contributed by atoms with Gasteiger partial charge in [0.25, 0.3) is 0 Å². The molecule has 2 aromatic rings. The van der Waals surface area contributed by atoms with Crippen molar-refractivity contribution in [1.29, 1.82) is 0 Å². The number of aromatic nitrogens is 3. The molecule has 1 aliphatic heterocycles. The van der Waals surface area contributed by atoms with Gasteiger partial charge in [0.2, 0.25) is 0 Å². The summed E-state index contributed by atoms with van der Waals surface area (Å²) in [6.07, 6.45) is 4.93. The van der Waals surface area contributed by atoms with E-state index >= 15 is 0 Å². The minimum absolute atomic E-state index is 0.977. The fourth-order valence-electron chi connectivity index (χ4n) is 2.48. The van der Waals surface area contributed by atoms with Gasteiger partial charge in [-0.2, -0.15) is 5.10 Å². The number of nitrogens with zero attached hydrogens (tertiary/aromatic N) is 4. The summed E-state index contributed by atoms with van der Waals surface area (Å²) < 4.78 is 0. The molecule has 5 nitrogen and oxygen atoms in total. The molecule has 2 aromatic heterocycles. The van der Waals surface area contributed by atoms with Gasteiger partial charge in [0.15, 0.2) is 0 Å². The fourth-order valence-corrected chi connectivity index (χ4v) is 3.13. The van der Waals surface area contributed by atoms with Crippen molar-refractivity contribution in [3.63, 3.8) is 0 Å². The number of aromatic amines is 1. The Morgan fingerprint density at radius 1 is 1.11 bits per heavy atom. The lowest BCUT2D eigenvalue weighted by molar-refractivity contribution is 0.245. The van der Waals surface area contributed by atoms with Crippen LogP contribution in [0.1, 0.15) is 17.1 Å². The Morgan fingerprint density at radius 2 is 1.95 bits per heavy atom. The summed E-state index contributed by atoms with van der Waals surface area (Å²) in [5, 5.41) is 10.3. The van der Waals surface area contributed by atoms with Crippen LogP contribution in [0.25, 0.3) is 0 Å². The van der Waals surface area contributed by atoms with E-state index in [9.17, 15) is 0 Å². The van der Waals surface area contributed by atoms with Gasteiger partial charge in [-0.3, -0.25) is 14.9 Å². The molecule has 3 heterocycles. The minimum Gasteiger partial charge on any atom is -0.296 e. The van der Waals surface area contributed by atoms with E-state index in [2.05, 4.69) is 36.4 Å². The van der Waals surface area contributed by atoms with E-state index in [0.29, 0.717) is 0 Å². The molecule has 6 heteroatoms. The number of nitrogens with one attached hydrogen (secondary N) is 1. The van der Waals surface area contributed by atoms with Crippen molar-refractivity contribution in [3.05, 3.63) is 34.5 Å². The molecule has 0 unspecified atom stereocenters. The first kappa shape index (κ1) is 12.8. The maximum atomic E-state index is 4.37. The summed E-state index contributed by atoms with van der Waals surface area (Å²) >= 11 is 1.75. The quantitative estimate of drug-likeness (QED) is 0.921. The third-order valence-corrected chi connectivity index (χ3v) is 4.24. The van der Waals surface area contributed by atoms with Gasteiger partial charge in [-0.05, 0) is 25.6 Å². The molecule has 0 saturated carbocycles. The van der Waals surface area contributed by atoms with E-state index in [4.69, 9.17) is 0 Å². The molecule has 0 atom stereocenters. The lowest BCUT2D eigenvalue weighted by Crippen LogP contribution is -2.30. The van der Waals surface area contributed by atoms with Crippen molar-refractivity contribution in [2.45, 2.75) is 19.5 Å². The van der Waals surface area contributed by atoms with Gasteiger partial charge < -0.3 is 0 Å². The molecule has 0 aromatic carbocycles. The summed E-state index contributed by atoms with van der Waals surface area (Å²) in [5.74, 6) is 0. The van der Waals surface area contributed by atoms with Crippen LogP contribution in [0.3, 0.4) is 0 Å². The highest BCUT2D eigenvalue weighted by Gasteiger charge is 2.16. The zero-order valence-electron chi connectivity index (χ0n) is 11.0. The van der Waals surface area contributed by atoms with E-state index in [0.717, 1.165) is 32.7 Å². The largest absolute Gasteiger partial charge is 0.296 e. The van der Waals surface area contributed by atoms with Gasteiger partial charge in [0, 0.05) is 43.1 Å². The van der Waals surface area contributed by atoms with E-state index in [-0.39, 0.29) is 0 Å². The Balaban J connectivity index is 1.51. The van der Waals surface area contributed by atoms with Crippen molar-refractivity contribution in [2.24, 2.45) is 0 Å². The SMILES string of the molecule is c1cc(CN2CCCN(Cc3nccs3)CC2)[nH]n1. The first-order chi connectivity index (χ1) is 9.40. The average Bonchev–Trinajstić information content (AvgIpc) is 3.04. The highest BCUT2D eigenvalue weighted by atomic mass is 32.1. The topological polar surface area (TPSA) is 48.0 Å². The van der Waals surface area contributed by atoms with Gasteiger partial charge in [-0.25, -0.2) is 4.98 Å². The van der Waals surface area contributed by atoms with Crippen LogP contribution < -0.4 is 0 Å². The highest BCUT2D eigenvalue weighted by molar-refractivity contribution is 7.09. The van der Waals surface area contributed by atoms with Crippen molar-refractivity contribution < 1.29 is 0 Å². The first-order valence-corrected chi connectivity index (χ1v) is 7.59. The van der Waals surface area contributed by atoms with Crippen LogP contribution in [0.15, 0.2) is 23.8 Å².